The maximum atomic E-state index is 11.3. The van der Waals surface area contributed by atoms with Gasteiger partial charge in [0.1, 0.15) is 5.00 Å². The van der Waals surface area contributed by atoms with Crippen LogP contribution in [0.4, 0.5) is 5.00 Å². The number of anilines is 1. The summed E-state index contributed by atoms with van der Waals surface area (Å²) in [4.78, 5) is 12.5. The topological polar surface area (TPSA) is 52.3 Å². The minimum atomic E-state index is -0.348. The average molecular weight is 227 g/mol. The summed E-state index contributed by atoms with van der Waals surface area (Å²) >= 11 is 1.48. The number of carbonyl (C=O) groups is 1. The van der Waals surface area contributed by atoms with Crippen LogP contribution < -0.4 is 5.73 Å². The molecule has 15 heavy (non-hydrogen) atoms. The highest BCUT2D eigenvalue weighted by atomic mass is 32.1. The maximum absolute atomic E-state index is 11.3. The Kier molecular flexibility index (Phi) is 4.15. The second-order valence-electron chi connectivity index (χ2n) is 3.61. The Morgan fingerprint density at radius 3 is 2.87 bits per heavy atom. The number of thiophene rings is 1. The molecule has 0 spiro atoms. The first kappa shape index (κ1) is 12.0. The zero-order valence-corrected chi connectivity index (χ0v) is 10.2. The average Bonchev–Trinajstić information content (AvgIpc) is 2.60. The molecular weight excluding hydrogens is 210 g/mol. The monoisotopic (exact) mass is 227 g/mol. The Labute approximate surface area is 94.2 Å². The van der Waals surface area contributed by atoms with Crippen LogP contribution in [0, 0.1) is 0 Å². The van der Waals surface area contributed by atoms with Crippen LogP contribution in [-0.4, -0.2) is 13.1 Å². The van der Waals surface area contributed by atoms with Gasteiger partial charge in [-0.25, -0.2) is 4.79 Å². The minimum absolute atomic E-state index is 0.348. The Hall–Kier alpha value is -1.03. The van der Waals surface area contributed by atoms with Crippen LogP contribution in [0.2, 0.25) is 0 Å². The van der Waals surface area contributed by atoms with Gasteiger partial charge in [0, 0.05) is 4.88 Å². The highest BCUT2D eigenvalue weighted by molar-refractivity contribution is 7.16. The molecule has 1 rings (SSSR count). The maximum Gasteiger partial charge on any atom is 0.340 e. The summed E-state index contributed by atoms with van der Waals surface area (Å²) in [6.45, 7) is 4.30. The van der Waals surface area contributed by atoms with Crippen molar-refractivity contribution in [3.05, 3.63) is 16.5 Å². The molecule has 1 heterocycles. The molecule has 0 saturated heterocycles. The SMILES string of the molecule is CCCC(C)c1cc(C(=O)OC)c(N)s1. The molecule has 4 heteroatoms. The number of esters is 1. The van der Waals surface area contributed by atoms with E-state index in [2.05, 4.69) is 18.6 Å². The van der Waals surface area contributed by atoms with Crippen LogP contribution in [-0.2, 0) is 4.74 Å². The van der Waals surface area contributed by atoms with Crippen molar-refractivity contribution in [2.45, 2.75) is 32.6 Å². The molecule has 0 fully saturated rings. The molecule has 0 bridgehead atoms. The van der Waals surface area contributed by atoms with Crippen LogP contribution in [0.3, 0.4) is 0 Å². The molecule has 2 N–H and O–H groups in total. The highest BCUT2D eigenvalue weighted by Gasteiger charge is 2.17. The number of nitrogen functional groups attached to an aromatic ring is 1. The van der Waals surface area contributed by atoms with Crippen molar-refractivity contribution < 1.29 is 9.53 Å². The standard InChI is InChI=1S/C11H17NO2S/c1-4-5-7(2)9-6-8(10(12)15-9)11(13)14-3/h6-7H,4-5,12H2,1-3H3. The van der Waals surface area contributed by atoms with Crippen LogP contribution in [0.1, 0.15) is 47.8 Å². The molecular formula is C11H17NO2S. The van der Waals surface area contributed by atoms with Gasteiger partial charge in [-0.1, -0.05) is 20.3 Å². The molecule has 1 aromatic rings. The predicted octanol–water partition coefficient (Wildman–Crippen LogP) is 3.02. The van der Waals surface area contributed by atoms with Gasteiger partial charge in [0.25, 0.3) is 0 Å². The van der Waals surface area contributed by atoms with Gasteiger partial charge in [0.2, 0.25) is 0 Å². The molecule has 0 radical (unpaired) electrons. The molecule has 0 aromatic carbocycles. The Bertz CT molecular complexity index is 346. The first-order valence-corrected chi connectivity index (χ1v) is 5.89. The van der Waals surface area contributed by atoms with Crippen LogP contribution in [0.25, 0.3) is 0 Å². The number of hydrogen-bond donors (Lipinski definition) is 1. The first-order valence-electron chi connectivity index (χ1n) is 5.07. The minimum Gasteiger partial charge on any atom is -0.465 e. The number of hydrogen-bond acceptors (Lipinski definition) is 4. The summed E-state index contributed by atoms with van der Waals surface area (Å²) in [5.41, 5.74) is 6.27. The molecule has 1 aromatic heterocycles. The fraction of sp³-hybridized carbons (Fsp3) is 0.545. The molecule has 0 aliphatic rings. The van der Waals surface area contributed by atoms with E-state index in [1.165, 1.54) is 18.4 Å². The van der Waals surface area contributed by atoms with E-state index < -0.39 is 0 Å². The second-order valence-corrected chi connectivity index (χ2v) is 4.72. The van der Waals surface area contributed by atoms with Gasteiger partial charge in [0.05, 0.1) is 12.7 Å². The number of carbonyl (C=O) groups excluding carboxylic acids is 1. The molecule has 0 aliphatic carbocycles. The molecule has 0 saturated carbocycles. The molecule has 0 amide bonds. The Morgan fingerprint density at radius 1 is 1.67 bits per heavy atom. The van der Waals surface area contributed by atoms with Crippen molar-refractivity contribution in [1.29, 1.82) is 0 Å². The summed E-state index contributed by atoms with van der Waals surface area (Å²) in [7, 11) is 1.37. The second kappa shape index (κ2) is 5.16. The van der Waals surface area contributed by atoms with Crippen molar-refractivity contribution in [2.75, 3.05) is 12.8 Å². The number of rotatable bonds is 4. The highest BCUT2D eigenvalue weighted by Crippen LogP contribution is 2.33. The van der Waals surface area contributed by atoms with E-state index in [1.807, 2.05) is 6.07 Å². The number of nitrogens with two attached hydrogens (primary N) is 1. The van der Waals surface area contributed by atoms with E-state index in [1.54, 1.807) is 0 Å². The van der Waals surface area contributed by atoms with Crippen molar-refractivity contribution in [1.82, 2.24) is 0 Å². The lowest BCUT2D eigenvalue weighted by Crippen LogP contribution is -2.02. The van der Waals surface area contributed by atoms with Gasteiger partial charge in [-0.15, -0.1) is 11.3 Å². The van der Waals surface area contributed by atoms with E-state index in [9.17, 15) is 4.79 Å². The van der Waals surface area contributed by atoms with Gasteiger partial charge < -0.3 is 10.5 Å². The van der Waals surface area contributed by atoms with Crippen LogP contribution in [0.5, 0.6) is 0 Å². The fourth-order valence-electron chi connectivity index (χ4n) is 1.51. The lowest BCUT2D eigenvalue weighted by atomic mass is 10.0. The normalized spacial score (nSPS) is 12.5. The third-order valence-electron chi connectivity index (χ3n) is 2.39. The van der Waals surface area contributed by atoms with Gasteiger partial charge in [-0.3, -0.25) is 0 Å². The van der Waals surface area contributed by atoms with E-state index in [0.717, 1.165) is 17.7 Å². The Balaban J connectivity index is 2.90. The lowest BCUT2D eigenvalue weighted by Gasteiger charge is -2.05. The summed E-state index contributed by atoms with van der Waals surface area (Å²) in [6.07, 6.45) is 2.24. The largest absolute Gasteiger partial charge is 0.465 e. The molecule has 3 nitrogen and oxygen atoms in total. The van der Waals surface area contributed by atoms with Gasteiger partial charge >= 0.3 is 5.97 Å². The van der Waals surface area contributed by atoms with Crippen molar-refractivity contribution in [3.63, 3.8) is 0 Å². The van der Waals surface area contributed by atoms with Crippen molar-refractivity contribution in [3.8, 4) is 0 Å². The van der Waals surface area contributed by atoms with Gasteiger partial charge in [-0.05, 0) is 18.4 Å². The zero-order valence-electron chi connectivity index (χ0n) is 9.37. The summed E-state index contributed by atoms with van der Waals surface area (Å²) in [6, 6.07) is 1.85. The lowest BCUT2D eigenvalue weighted by molar-refractivity contribution is 0.0602. The van der Waals surface area contributed by atoms with E-state index >= 15 is 0 Å². The molecule has 0 aliphatic heterocycles. The van der Waals surface area contributed by atoms with Gasteiger partial charge in [-0.2, -0.15) is 0 Å². The zero-order chi connectivity index (χ0) is 11.4. The smallest absolute Gasteiger partial charge is 0.340 e. The quantitative estimate of drug-likeness (QED) is 0.804. The summed E-state index contributed by atoms with van der Waals surface area (Å²) < 4.78 is 4.66. The van der Waals surface area contributed by atoms with E-state index in [-0.39, 0.29) is 5.97 Å². The van der Waals surface area contributed by atoms with E-state index in [4.69, 9.17) is 5.73 Å². The molecule has 1 unspecified atom stereocenters. The van der Waals surface area contributed by atoms with Crippen LogP contribution in [0.15, 0.2) is 6.07 Å². The van der Waals surface area contributed by atoms with Crippen molar-refractivity contribution >= 4 is 22.3 Å². The number of ether oxygens (including phenoxy) is 1. The number of methoxy groups -OCH3 is 1. The van der Waals surface area contributed by atoms with Gasteiger partial charge in [0.15, 0.2) is 0 Å². The van der Waals surface area contributed by atoms with E-state index in [0.29, 0.717) is 16.5 Å². The summed E-state index contributed by atoms with van der Waals surface area (Å²) in [5.74, 6) is 0.111. The third-order valence-corrected chi connectivity index (χ3v) is 3.59. The Morgan fingerprint density at radius 2 is 2.33 bits per heavy atom. The summed E-state index contributed by atoms with van der Waals surface area (Å²) in [5, 5.41) is 0.555. The molecule has 84 valence electrons. The van der Waals surface area contributed by atoms with Crippen LogP contribution >= 0.6 is 11.3 Å². The fourth-order valence-corrected chi connectivity index (χ4v) is 2.51. The molecule has 1 atom stereocenters. The third kappa shape index (κ3) is 2.72. The predicted molar refractivity (Wildman–Crippen MR) is 63.4 cm³/mol. The van der Waals surface area contributed by atoms with Crippen molar-refractivity contribution in [2.24, 2.45) is 0 Å². The first-order chi connectivity index (χ1) is 7.10.